The molecule has 0 radical (unpaired) electrons. The number of aryl methyl sites for hydroxylation is 2. The molecule has 0 aliphatic rings. The molecule has 0 unspecified atom stereocenters. The zero-order valence-electron chi connectivity index (χ0n) is 11.6. The normalized spacial score (nSPS) is 11.4. The maximum atomic E-state index is 13.8. The van der Waals surface area contributed by atoms with Crippen molar-refractivity contribution < 1.29 is 4.39 Å². The van der Waals surface area contributed by atoms with Crippen LogP contribution in [0.1, 0.15) is 38.4 Å². The molecule has 0 bridgehead atoms. The van der Waals surface area contributed by atoms with Crippen molar-refractivity contribution in [3.63, 3.8) is 0 Å². The summed E-state index contributed by atoms with van der Waals surface area (Å²) in [6.45, 7) is 3.09. The van der Waals surface area contributed by atoms with Crippen LogP contribution in [0.15, 0.2) is 12.1 Å². The minimum Gasteiger partial charge on any atom is -0.328 e. The number of imidazole rings is 1. The smallest absolute Gasteiger partial charge is 0.138 e. The zero-order chi connectivity index (χ0) is 14.5. The highest BCUT2D eigenvalue weighted by Gasteiger charge is 2.12. The third kappa shape index (κ3) is 3.64. The van der Waals surface area contributed by atoms with E-state index in [1.807, 2.05) is 28.7 Å². The van der Waals surface area contributed by atoms with Crippen molar-refractivity contribution in [1.29, 1.82) is 0 Å². The van der Waals surface area contributed by atoms with E-state index in [0.717, 1.165) is 36.2 Å². The van der Waals surface area contributed by atoms with Gasteiger partial charge in [0, 0.05) is 24.9 Å². The molecule has 1 aromatic carbocycles. The van der Waals surface area contributed by atoms with Gasteiger partial charge in [-0.1, -0.05) is 26.2 Å². The van der Waals surface area contributed by atoms with Crippen LogP contribution in [0.5, 0.6) is 0 Å². The number of unbranched alkanes of at least 4 members (excludes halogenated alkanes) is 3. The van der Waals surface area contributed by atoms with E-state index >= 15 is 0 Å². The molecule has 1 aromatic heterocycles. The molecule has 0 saturated carbocycles. The Morgan fingerprint density at radius 1 is 1.30 bits per heavy atom. The molecule has 0 saturated heterocycles. The Bertz CT molecular complexity index is 583. The van der Waals surface area contributed by atoms with E-state index < -0.39 is 0 Å². The topological polar surface area (TPSA) is 17.8 Å². The van der Waals surface area contributed by atoms with Crippen molar-refractivity contribution in [3.05, 3.63) is 27.3 Å². The van der Waals surface area contributed by atoms with E-state index in [1.54, 1.807) is 6.07 Å². The van der Waals surface area contributed by atoms with Gasteiger partial charge in [-0.3, -0.25) is 0 Å². The van der Waals surface area contributed by atoms with Gasteiger partial charge in [0.05, 0.1) is 14.6 Å². The molecule has 0 fully saturated rings. The number of aromatic nitrogens is 2. The molecule has 0 aliphatic carbocycles. The van der Waals surface area contributed by atoms with E-state index in [0.29, 0.717) is 9.45 Å². The van der Waals surface area contributed by atoms with Gasteiger partial charge in [-0.05, 0) is 35.1 Å². The molecule has 110 valence electrons. The van der Waals surface area contributed by atoms with Crippen LogP contribution >= 0.6 is 34.2 Å². The second kappa shape index (κ2) is 7.59. The SMILES string of the molecule is CCCCCCn1c(CCCl)nc2cc(I)c(F)cc21. The number of rotatable bonds is 7. The van der Waals surface area contributed by atoms with Crippen LogP contribution in [0.25, 0.3) is 11.0 Å². The molecule has 20 heavy (non-hydrogen) atoms. The lowest BCUT2D eigenvalue weighted by Gasteiger charge is -2.08. The third-order valence-corrected chi connectivity index (χ3v) is 4.44. The molecule has 0 aliphatic heterocycles. The van der Waals surface area contributed by atoms with E-state index in [-0.39, 0.29) is 5.82 Å². The van der Waals surface area contributed by atoms with Crippen LogP contribution in [0.4, 0.5) is 4.39 Å². The summed E-state index contributed by atoms with van der Waals surface area (Å²) in [6, 6.07) is 3.41. The Labute approximate surface area is 137 Å². The van der Waals surface area contributed by atoms with Crippen LogP contribution in [-0.4, -0.2) is 15.4 Å². The number of nitrogens with zero attached hydrogens (tertiary/aromatic N) is 2. The molecule has 5 heteroatoms. The highest BCUT2D eigenvalue weighted by Crippen LogP contribution is 2.23. The van der Waals surface area contributed by atoms with E-state index in [2.05, 4.69) is 16.5 Å². The monoisotopic (exact) mass is 408 g/mol. The summed E-state index contributed by atoms with van der Waals surface area (Å²) in [6.07, 6.45) is 5.48. The molecule has 0 atom stereocenters. The van der Waals surface area contributed by atoms with Crippen molar-refractivity contribution >= 4 is 45.2 Å². The first-order valence-electron chi connectivity index (χ1n) is 7.07. The Kier molecular flexibility index (Phi) is 6.08. The Morgan fingerprint density at radius 2 is 2.10 bits per heavy atom. The fourth-order valence-corrected chi connectivity index (χ4v) is 3.01. The van der Waals surface area contributed by atoms with Crippen molar-refractivity contribution in [2.24, 2.45) is 0 Å². The maximum absolute atomic E-state index is 13.8. The van der Waals surface area contributed by atoms with Gasteiger partial charge >= 0.3 is 0 Å². The second-order valence-electron chi connectivity index (χ2n) is 4.93. The van der Waals surface area contributed by atoms with Crippen molar-refractivity contribution in [2.75, 3.05) is 5.88 Å². The summed E-state index contributed by atoms with van der Waals surface area (Å²) >= 11 is 7.86. The van der Waals surface area contributed by atoms with Crippen LogP contribution < -0.4 is 0 Å². The van der Waals surface area contributed by atoms with Crippen LogP contribution in [0.2, 0.25) is 0 Å². The van der Waals surface area contributed by atoms with Crippen LogP contribution in [-0.2, 0) is 13.0 Å². The standard InChI is InChI=1S/C15H19ClFIN2/c1-2-3-4-5-8-20-14-9-11(17)12(18)10-13(14)19-15(20)6-7-16/h9-10H,2-8H2,1H3. The molecule has 2 nitrogen and oxygen atoms in total. The van der Waals surface area contributed by atoms with Gasteiger partial charge in [-0.2, -0.15) is 0 Å². The number of benzene rings is 1. The first kappa shape index (κ1) is 16.0. The molecule has 2 aromatic rings. The summed E-state index contributed by atoms with van der Waals surface area (Å²) in [5.41, 5.74) is 1.76. The lowest BCUT2D eigenvalue weighted by atomic mass is 10.2. The molecular formula is C15H19ClFIN2. The van der Waals surface area contributed by atoms with Crippen molar-refractivity contribution in [1.82, 2.24) is 9.55 Å². The van der Waals surface area contributed by atoms with Crippen molar-refractivity contribution in [3.8, 4) is 0 Å². The number of halogens is 3. The molecule has 0 spiro atoms. The van der Waals surface area contributed by atoms with Gasteiger partial charge < -0.3 is 4.57 Å². The summed E-state index contributed by atoms with van der Waals surface area (Å²) in [7, 11) is 0. The lowest BCUT2D eigenvalue weighted by Crippen LogP contribution is -2.05. The van der Waals surface area contributed by atoms with Gasteiger partial charge in [0.1, 0.15) is 11.6 Å². The van der Waals surface area contributed by atoms with Gasteiger partial charge in [0.2, 0.25) is 0 Å². The Morgan fingerprint density at radius 3 is 2.80 bits per heavy atom. The predicted octanol–water partition coefficient (Wildman–Crippen LogP) is 5.14. The Hall–Kier alpha value is -0.360. The van der Waals surface area contributed by atoms with E-state index in [1.165, 1.54) is 19.3 Å². The minimum atomic E-state index is -0.176. The number of hydrogen-bond donors (Lipinski definition) is 0. The van der Waals surface area contributed by atoms with Crippen LogP contribution in [0.3, 0.4) is 0 Å². The molecule has 1 heterocycles. The fraction of sp³-hybridized carbons (Fsp3) is 0.533. The fourth-order valence-electron chi connectivity index (χ4n) is 2.39. The average Bonchev–Trinajstić information content (AvgIpc) is 2.73. The average molecular weight is 409 g/mol. The lowest BCUT2D eigenvalue weighted by molar-refractivity contribution is 0.574. The second-order valence-corrected chi connectivity index (χ2v) is 6.47. The quantitative estimate of drug-likeness (QED) is 0.352. The first-order chi connectivity index (χ1) is 9.67. The largest absolute Gasteiger partial charge is 0.328 e. The molecular weight excluding hydrogens is 390 g/mol. The zero-order valence-corrected chi connectivity index (χ0v) is 14.5. The first-order valence-corrected chi connectivity index (χ1v) is 8.68. The predicted molar refractivity (Wildman–Crippen MR) is 91.0 cm³/mol. The van der Waals surface area contributed by atoms with Gasteiger partial charge in [0.25, 0.3) is 0 Å². The van der Waals surface area contributed by atoms with Crippen molar-refractivity contribution in [2.45, 2.75) is 45.6 Å². The third-order valence-electron chi connectivity index (χ3n) is 3.42. The van der Waals surface area contributed by atoms with Crippen LogP contribution in [0, 0.1) is 9.39 Å². The van der Waals surface area contributed by atoms with Gasteiger partial charge in [0.15, 0.2) is 0 Å². The summed E-state index contributed by atoms with van der Waals surface area (Å²) in [5, 5.41) is 0. The Balaban J connectivity index is 2.32. The summed E-state index contributed by atoms with van der Waals surface area (Å²) in [4.78, 5) is 4.61. The molecule has 2 rings (SSSR count). The maximum Gasteiger partial charge on any atom is 0.138 e. The molecule has 0 amide bonds. The van der Waals surface area contributed by atoms with E-state index in [9.17, 15) is 4.39 Å². The summed E-state index contributed by atoms with van der Waals surface area (Å²) < 4.78 is 16.5. The number of fused-ring (bicyclic) bond motifs is 1. The number of alkyl halides is 1. The molecule has 0 N–H and O–H groups in total. The van der Waals surface area contributed by atoms with Gasteiger partial charge in [-0.25, -0.2) is 9.37 Å². The van der Waals surface area contributed by atoms with E-state index in [4.69, 9.17) is 11.6 Å². The number of hydrogen-bond acceptors (Lipinski definition) is 1. The summed E-state index contributed by atoms with van der Waals surface area (Å²) in [5.74, 6) is 1.33. The van der Waals surface area contributed by atoms with Gasteiger partial charge in [-0.15, -0.1) is 11.6 Å². The highest BCUT2D eigenvalue weighted by atomic mass is 127. The highest BCUT2D eigenvalue weighted by molar-refractivity contribution is 14.1. The minimum absolute atomic E-state index is 0.176.